The molecule has 2 rings (SSSR count). The standard InChI is InChI=1S/C16H16BrFN2O/c17-14-5-6-15(18)13(9-14)10-20-16(21)12-3-1-11(2-4-12)7-8-19/h1-6,9H,7-8,10,19H2,(H,20,21). The van der Waals surface area contributed by atoms with Crippen molar-refractivity contribution < 1.29 is 9.18 Å². The summed E-state index contributed by atoms with van der Waals surface area (Å²) in [6.07, 6.45) is 0.783. The molecule has 21 heavy (non-hydrogen) atoms. The third-order valence-corrected chi connectivity index (χ3v) is 3.59. The molecule has 3 nitrogen and oxygen atoms in total. The van der Waals surface area contributed by atoms with Gasteiger partial charge < -0.3 is 11.1 Å². The summed E-state index contributed by atoms with van der Waals surface area (Å²) in [4.78, 5) is 12.0. The van der Waals surface area contributed by atoms with Crippen LogP contribution >= 0.6 is 15.9 Å². The smallest absolute Gasteiger partial charge is 0.251 e. The second-order valence-corrected chi connectivity index (χ2v) is 5.57. The zero-order valence-electron chi connectivity index (χ0n) is 11.4. The summed E-state index contributed by atoms with van der Waals surface area (Å²) < 4.78 is 14.4. The number of halogens is 2. The van der Waals surface area contributed by atoms with Gasteiger partial charge in [-0.1, -0.05) is 28.1 Å². The molecule has 0 aliphatic rings. The lowest BCUT2D eigenvalue weighted by Crippen LogP contribution is -2.23. The van der Waals surface area contributed by atoms with Gasteiger partial charge in [-0.2, -0.15) is 0 Å². The molecule has 0 aromatic heterocycles. The first-order chi connectivity index (χ1) is 10.1. The number of hydrogen-bond donors (Lipinski definition) is 2. The van der Waals surface area contributed by atoms with E-state index in [4.69, 9.17) is 5.73 Å². The summed E-state index contributed by atoms with van der Waals surface area (Å²) in [6.45, 7) is 0.725. The fourth-order valence-corrected chi connectivity index (χ4v) is 2.35. The van der Waals surface area contributed by atoms with Gasteiger partial charge in [0, 0.05) is 22.1 Å². The minimum absolute atomic E-state index is 0.147. The highest BCUT2D eigenvalue weighted by atomic mass is 79.9. The molecule has 0 spiro atoms. The summed E-state index contributed by atoms with van der Waals surface area (Å²) in [6, 6.07) is 11.9. The lowest BCUT2D eigenvalue weighted by Gasteiger charge is -2.07. The van der Waals surface area contributed by atoms with Gasteiger partial charge >= 0.3 is 0 Å². The highest BCUT2D eigenvalue weighted by Crippen LogP contribution is 2.15. The lowest BCUT2D eigenvalue weighted by atomic mass is 10.1. The third kappa shape index (κ3) is 4.37. The molecule has 0 saturated heterocycles. The Hall–Kier alpha value is -1.72. The van der Waals surface area contributed by atoms with Gasteiger partial charge in [-0.3, -0.25) is 4.79 Å². The van der Waals surface area contributed by atoms with Crippen LogP contribution in [0.15, 0.2) is 46.9 Å². The normalized spacial score (nSPS) is 10.4. The minimum Gasteiger partial charge on any atom is -0.348 e. The number of nitrogens with two attached hydrogens (primary N) is 1. The molecule has 0 heterocycles. The molecule has 0 aliphatic carbocycles. The molecule has 0 fully saturated rings. The first kappa shape index (κ1) is 15.7. The van der Waals surface area contributed by atoms with Crippen LogP contribution in [-0.2, 0) is 13.0 Å². The summed E-state index contributed by atoms with van der Waals surface area (Å²) in [5.74, 6) is -0.564. The Kier molecular flexibility index (Phi) is 5.47. The maximum absolute atomic E-state index is 13.6. The van der Waals surface area contributed by atoms with Crippen LogP contribution in [0.1, 0.15) is 21.5 Å². The molecule has 2 aromatic rings. The molecule has 5 heteroatoms. The van der Waals surface area contributed by atoms with Gasteiger partial charge in [-0.05, 0) is 48.9 Å². The van der Waals surface area contributed by atoms with E-state index in [1.165, 1.54) is 6.07 Å². The highest BCUT2D eigenvalue weighted by Gasteiger charge is 2.08. The number of rotatable bonds is 5. The zero-order chi connectivity index (χ0) is 15.2. The Labute approximate surface area is 131 Å². The van der Waals surface area contributed by atoms with Gasteiger partial charge in [0.25, 0.3) is 5.91 Å². The molecule has 0 radical (unpaired) electrons. The number of nitrogens with one attached hydrogen (secondary N) is 1. The Morgan fingerprint density at radius 1 is 1.19 bits per heavy atom. The van der Waals surface area contributed by atoms with E-state index in [9.17, 15) is 9.18 Å². The monoisotopic (exact) mass is 350 g/mol. The van der Waals surface area contributed by atoms with Crippen LogP contribution in [0.5, 0.6) is 0 Å². The van der Waals surface area contributed by atoms with Crippen LogP contribution in [0.25, 0.3) is 0 Å². The van der Waals surface area contributed by atoms with Crippen molar-refractivity contribution >= 4 is 21.8 Å². The van der Waals surface area contributed by atoms with Crippen LogP contribution in [0.2, 0.25) is 0 Å². The van der Waals surface area contributed by atoms with E-state index in [-0.39, 0.29) is 18.3 Å². The Bertz CT molecular complexity index is 629. The van der Waals surface area contributed by atoms with Crippen LogP contribution in [0.4, 0.5) is 4.39 Å². The Morgan fingerprint density at radius 3 is 2.57 bits per heavy atom. The van der Waals surface area contributed by atoms with Gasteiger partial charge in [0.2, 0.25) is 0 Å². The van der Waals surface area contributed by atoms with Crippen molar-refractivity contribution in [2.24, 2.45) is 5.73 Å². The van der Waals surface area contributed by atoms with E-state index in [2.05, 4.69) is 21.2 Å². The molecule has 2 aromatic carbocycles. The molecular weight excluding hydrogens is 335 g/mol. The van der Waals surface area contributed by atoms with Crippen molar-refractivity contribution in [2.45, 2.75) is 13.0 Å². The molecule has 1 amide bonds. The zero-order valence-corrected chi connectivity index (χ0v) is 13.0. The van der Waals surface area contributed by atoms with E-state index < -0.39 is 0 Å². The maximum Gasteiger partial charge on any atom is 0.251 e. The van der Waals surface area contributed by atoms with Gasteiger partial charge in [-0.25, -0.2) is 4.39 Å². The minimum atomic E-state index is -0.336. The van der Waals surface area contributed by atoms with Gasteiger partial charge in [-0.15, -0.1) is 0 Å². The largest absolute Gasteiger partial charge is 0.348 e. The first-order valence-corrected chi connectivity index (χ1v) is 7.40. The number of carbonyl (C=O) groups excluding carboxylic acids is 1. The number of hydrogen-bond acceptors (Lipinski definition) is 2. The summed E-state index contributed by atoms with van der Waals surface area (Å²) in [5.41, 5.74) is 7.56. The van der Waals surface area contributed by atoms with Gasteiger partial charge in [0.15, 0.2) is 0 Å². The van der Waals surface area contributed by atoms with Crippen LogP contribution < -0.4 is 11.1 Å². The van der Waals surface area contributed by atoms with Crippen molar-refractivity contribution in [1.82, 2.24) is 5.32 Å². The Balaban J connectivity index is 1.99. The predicted octanol–water partition coefficient (Wildman–Crippen LogP) is 3.02. The highest BCUT2D eigenvalue weighted by molar-refractivity contribution is 9.10. The maximum atomic E-state index is 13.6. The summed E-state index contributed by atoms with van der Waals surface area (Å²) in [5, 5.41) is 2.71. The van der Waals surface area contributed by atoms with Crippen molar-refractivity contribution in [1.29, 1.82) is 0 Å². The van der Waals surface area contributed by atoms with E-state index in [1.807, 2.05) is 12.1 Å². The molecular formula is C16H16BrFN2O. The van der Waals surface area contributed by atoms with Crippen molar-refractivity contribution in [3.8, 4) is 0 Å². The molecule has 0 unspecified atom stereocenters. The SMILES string of the molecule is NCCc1ccc(C(=O)NCc2cc(Br)ccc2F)cc1. The molecule has 110 valence electrons. The van der Waals surface area contributed by atoms with Crippen LogP contribution in [0.3, 0.4) is 0 Å². The molecule has 0 aliphatic heterocycles. The number of benzene rings is 2. The second-order valence-electron chi connectivity index (χ2n) is 4.65. The molecule has 0 saturated carbocycles. The van der Waals surface area contributed by atoms with Crippen LogP contribution in [0, 0.1) is 5.82 Å². The average Bonchev–Trinajstić information content (AvgIpc) is 2.49. The summed E-state index contributed by atoms with van der Waals surface area (Å²) >= 11 is 3.28. The topological polar surface area (TPSA) is 55.1 Å². The second kappa shape index (κ2) is 7.33. The average molecular weight is 351 g/mol. The van der Waals surface area contributed by atoms with Crippen molar-refractivity contribution in [3.05, 3.63) is 69.4 Å². The molecule has 0 bridgehead atoms. The van der Waals surface area contributed by atoms with E-state index in [1.54, 1.807) is 24.3 Å². The Morgan fingerprint density at radius 2 is 1.90 bits per heavy atom. The quantitative estimate of drug-likeness (QED) is 0.870. The van der Waals surface area contributed by atoms with Crippen molar-refractivity contribution in [2.75, 3.05) is 6.54 Å². The molecule has 3 N–H and O–H groups in total. The van der Waals surface area contributed by atoms with E-state index in [0.29, 0.717) is 17.7 Å². The lowest BCUT2D eigenvalue weighted by molar-refractivity contribution is 0.0950. The number of carbonyl (C=O) groups is 1. The van der Waals surface area contributed by atoms with Gasteiger partial charge in [0.05, 0.1) is 0 Å². The predicted molar refractivity (Wildman–Crippen MR) is 84.5 cm³/mol. The first-order valence-electron chi connectivity index (χ1n) is 6.61. The van der Waals surface area contributed by atoms with Gasteiger partial charge in [0.1, 0.15) is 5.82 Å². The fraction of sp³-hybridized carbons (Fsp3) is 0.188. The summed E-state index contributed by atoms with van der Waals surface area (Å²) in [7, 11) is 0. The molecule has 0 atom stereocenters. The van der Waals surface area contributed by atoms with Crippen molar-refractivity contribution in [3.63, 3.8) is 0 Å². The van der Waals surface area contributed by atoms with Crippen LogP contribution in [-0.4, -0.2) is 12.5 Å². The van der Waals surface area contributed by atoms with E-state index >= 15 is 0 Å². The fourth-order valence-electron chi connectivity index (χ4n) is 1.95. The van der Waals surface area contributed by atoms with E-state index in [0.717, 1.165) is 16.5 Å². The number of amides is 1. The third-order valence-electron chi connectivity index (χ3n) is 3.10.